The molecule has 106 valence electrons. The first-order valence-corrected chi connectivity index (χ1v) is 7.35. The van der Waals surface area contributed by atoms with Gasteiger partial charge in [-0.05, 0) is 42.5 Å². The highest BCUT2D eigenvalue weighted by molar-refractivity contribution is 5.10. The first-order chi connectivity index (χ1) is 9.04. The standard InChI is InChI=1S/C16H26N2O/c1-4-18(12-13-7-10-17-11-8-13)14-6-5-9-16(2,3)15(14)19/h7-8,10-11,14-15,19H,4-6,9,12H2,1-3H3. The van der Waals surface area contributed by atoms with Crippen LogP contribution in [0.25, 0.3) is 0 Å². The zero-order chi connectivity index (χ0) is 13.9. The van der Waals surface area contributed by atoms with E-state index in [9.17, 15) is 5.11 Å². The van der Waals surface area contributed by atoms with Gasteiger partial charge in [-0.15, -0.1) is 0 Å². The molecule has 0 saturated heterocycles. The molecule has 3 heteroatoms. The molecule has 0 aliphatic heterocycles. The molecule has 1 aliphatic rings. The molecule has 0 aromatic carbocycles. The normalized spacial score (nSPS) is 26.6. The van der Waals surface area contributed by atoms with Gasteiger partial charge in [-0.25, -0.2) is 0 Å². The lowest BCUT2D eigenvalue weighted by Gasteiger charge is -2.45. The van der Waals surface area contributed by atoms with E-state index in [1.807, 2.05) is 12.4 Å². The SMILES string of the molecule is CCN(Cc1ccncc1)C1CCCC(C)(C)C1O. The number of hydrogen-bond acceptors (Lipinski definition) is 3. The molecule has 1 N–H and O–H groups in total. The monoisotopic (exact) mass is 262 g/mol. The Morgan fingerprint density at radius 1 is 1.37 bits per heavy atom. The van der Waals surface area contributed by atoms with Gasteiger partial charge < -0.3 is 5.11 Å². The van der Waals surface area contributed by atoms with Gasteiger partial charge in [-0.2, -0.15) is 0 Å². The maximum atomic E-state index is 10.6. The van der Waals surface area contributed by atoms with Gasteiger partial charge in [0.15, 0.2) is 0 Å². The molecule has 0 bridgehead atoms. The van der Waals surface area contributed by atoms with Crippen LogP contribution < -0.4 is 0 Å². The largest absolute Gasteiger partial charge is 0.391 e. The van der Waals surface area contributed by atoms with E-state index in [1.165, 1.54) is 12.0 Å². The van der Waals surface area contributed by atoms with Crippen LogP contribution in [0.4, 0.5) is 0 Å². The summed E-state index contributed by atoms with van der Waals surface area (Å²) in [5.41, 5.74) is 1.31. The van der Waals surface area contributed by atoms with Crippen LogP contribution in [-0.2, 0) is 6.54 Å². The smallest absolute Gasteiger partial charge is 0.0746 e. The second kappa shape index (κ2) is 6.02. The molecular formula is C16H26N2O. The van der Waals surface area contributed by atoms with Gasteiger partial charge in [0.25, 0.3) is 0 Å². The lowest BCUT2D eigenvalue weighted by molar-refractivity contribution is -0.0584. The van der Waals surface area contributed by atoms with Crippen molar-refractivity contribution in [3.8, 4) is 0 Å². The molecule has 0 amide bonds. The first kappa shape index (κ1) is 14.5. The van der Waals surface area contributed by atoms with E-state index in [0.29, 0.717) is 0 Å². The van der Waals surface area contributed by atoms with Gasteiger partial charge >= 0.3 is 0 Å². The van der Waals surface area contributed by atoms with Gasteiger partial charge in [0, 0.05) is 25.0 Å². The van der Waals surface area contributed by atoms with Crippen LogP contribution in [0.15, 0.2) is 24.5 Å². The Bertz CT molecular complexity index is 391. The molecule has 1 aromatic heterocycles. The zero-order valence-electron chi connectivity index (χ0n) is 12.3. The van der Waals surface area contributed by atoms with Crippen molar-refractivity contribution in [2.75, 3.05) is 6.54 Å². The minimum atomic E-state index is -0.233. The number of aliphatic hydroxyl groups excluding tert-OH is 1. The van der Waals surface area contributed by atoms with E-state index in [2.05, 4.69) is 42.8 Å². The number of likely N-dealkylation sites (N-methyl/N-ethyl adjacent to an activating group) is 1. The fraction of sp³-hybridized carbons (Fsp3) is 0.688. The summed E-state index contributed by atoms with van der Waals surface area (Å²) in [7, 11) is 0. The van der Waals surface area contributed by atoms with Crippen LogP contribution >= 0.6 is 0 Å². The summed E-state index contributed by atoms with van der Waals surface area (Å²) < 4.78 is 0. The minimum Gasteiger partial charge on any atom is -0.391 e. The summed E-state index contributed by atoms with van der Waals surface area (Å²) >= 11 is 0. The molecule has 1 aliphatic carbocycles. The van der Waals surface area contributed by atoms with Crippen LogP contribution in [0.1, 0.15) is 45.6 Å². The Kier molecular flexibility index (Phi) is 4.58. The summed E-state index contributed by atoms with van der Waals surface area (Å²) in [4.78, 5) is 6.46. The van der Waals surface area contributed by atoms with Gasteiger partial charge in [-0.3, -0.25) is 9.88 Å². The molecule has 3 nitrogen and oxygen atoms in total. The van der Waals surface area contributed by atoms with Crippen LogP contribution in [0.5, 0.6) is 0 Å². The van der Waals surface area contributed by atoms with E-state index in [4.69, 9.17) is 0 Å². The van der Waals surface area contributed by atoms with E-state index >= 15 is 0 Å². The lowest BCUT2D eigenvalue weighted by atomic mass is 9.72. The van der Waals surface area contributed by atoms with E-state index < -0.39 is 0 Å². The van der Waals surface area contributed by atoms with Crippen molar-refractivity contribution >= 4 is 0 Å². The molecule has 2 rings (SSSR count). The molecule has 2 atom stereocenters. The lowest BCUT2D eigenvalue weighted by Crippen LogP contribution is -2.52. The van der Waals surface area contributed by atoms with Gasteiger partial charge in [0.2, 0.25) is 0 Å². The van der Waals surface area contributed by atoms with Crippen molar-refractivity contribution in [1.82, 2.24) is 9.88 Å². The van der Waals surface area contributed by atoms with Crippen molar-refractivity contribution < 1.29 is 5.11 Å². The fourth-order valence-electron chi connectivity index (χ4n) is 3.16. The maximum Gasteiger partial charge on any atom is 0.0746 e. The predicted molar refractivity (Wildman–Crippen MR) is 77.7 cm³/mol. The van der Waals surface area contributed by atoms with Crippen molar-refractivity contribution in [1.29, 1.82) is 0 Å². The summed E-state index contributed by atoms with van der Waals surface area (Å²) in [5, 5.41) is 10.6. The second-order valence-electron chi connectivity index (χ2n) is 6.31. The van der Waals surface area contributed by atoms with Gasteiger partial charge in [-0.1, -0.05) is 27.2 Å². The molecule has 0 radical (unpaired) electrons. The highest BCUT2D eigenvalue weighted by atomic mass is 16.3. The molecular weight excluding hydrogens is 236 g/mol. The molecule has 1 heterocycles. The number of nitrogens with zero attached hydrogens (tertiary/aromatic N) is 2. The zero-order valence-corrected chi connectivity index (χ0v) is 12.3. The van der Waals surface area contributed by atoms with Crippen molar-refractivity contribution in [3.05, 3.63) is 30.1 Å². The summed E-state index contributed by atoms with van der Waals surface area (Å²) in [5.74, 6) is 0. The molecule has 1 saturated carbocycles. The highest BCUT2D eigenvalue weighted by Gasteiger charge is 2.39. The molecule has 19 heavy (non-hydrogen) atoms. The minimum absolute atomic E-state index is 0.0363. The van der Waals surface area contributed by atoms with Crippen LogP contribution in [-0.4, -0.2) is 33.7 Å². The van der Waals surface area contributed by atoms with Crippen molar-refractivity contribution in [3.63, 3.8) is 0 Å². The molecule has 2 unspecified atom stereocenters. The number of pyridine rings is 1. The highest BCUT2D eigenvalue weighted by Crippen LogP contribution is 2.38. The average Bonchev–Trinajstić information content (AvgIpc) is 2.41. The van der Waals surface area contributed by atoms with Crippen LogP contribution in [0.3, 0.4) is 0 Å². The maximum absolute atomic E-state index is 10.6. The molecule has 1 aromatic rings. The second-order valence-corrected chi connectivity index (χ2v) is 6.31. The molecule has 1 fully saturated rings. The fourth-order valence-corrected chi connectivity index (χ4v) is 3.16. The van der Waals surface area contributed by atoms with Crippen molar-refractivity contribution in [2.45, 2.75) is 58.7 Å². The third kappa shape index (κ3) is 3.34. The quantitative estimate of drug-likeness (QED) is 0.906. The third-order valence-electron chi connectivity index (χ3n) is 4.50. The van der Waals surface area contributed by atoms with E-state index in [1.54, 1.807) is 0 Å². The van der Waals surface area contributed by atoms with Gasteiger partial charge in [0.1, 0.15) is 0 Å². The summed E-state index contributed by atoms with van der Waals surface area (Å²) in [6, 6.07) is 4.40. The first-order valence-electron chi connectivity index (χ1n) is 7.35. The van der Waals surface area contributed by atoms with E-state index in [0.717, 1.165) is 25.9 Å². The number of hydrogen-bond donors (Lipinski definition) is 1. The van der Waals surface area contributed by atoms with Crippen LogP contribution in [0, 0.1) is 5.41 Å². The van der Waals surface area contributed by atoms with Crippen LogP contribution in [0.2, 0.25) is 0 Å². The summed E-state index contributed by atoms with van der Waals surface area (Å²) in [6.45, 7) is 8.42. The number of rotatable bonds is 4. The third-order valence-corrected chi connectivity index (χ3v) is 4.50. The Labute approximate surface area is 116 Å². The van der Waals surface area contributed by atoms with Crippen molar-refractivity contribution in [2.24, 2.45) is 5.41 Å². The van der Waals surface area contributed by atoms with E-state index in [-0.39, 0.29) is 17.6 Å². The molecule has 0 spiro atoms. The number of aliphatic hydroxyl groups is 1. The average molecular weight is 262 g/mol. The Hall–Kier alpha value is -0.930. The summed E-state index contributed by atoms with van der Waals surface area (Å²) in [6.07, 6.45) is 6.88. The number of aromatic nitrogens is 1. The Morgan fingerprint density at radius 2 is 2.05 bits per heavy atom. The Balaban J connectivity index is 2.09. The topological polar surface area (TPSA) is 36.4 Å². The predicted octanol–water partition coefficient (Wildman–Crippen LogP) is 2.84. The Morgan fingerprint density at radius 3 is 2.68 bits per heavy atom. The van der Waals surface area contributed by atoms with Gasteiger partial charge in [0.05, 0.1) is 6.10 Å².